The van der Waals surface area contributed by atoms with E-state index in [-0.39, 0.29) is 34.2 Å². The predicted octanol–water partition coefficient (Wildman–Crippen LogP) is 6.03. The van der Waals surface area contributed by atoms with Crippen molar-refractivity contribution in [3.8, 4) is 11.5 Å². The van der Waals surface area contributed by atoms with Crippen LogP contribution in [0.2, 0.25) is 0 Å². The van der Waals surface area contributed by atoms with Gasteiger partial charge in [0, 0.05) is 15.9 Å². The Bertz CT molecular complexity index is 1220. The van der Waals surface area contributed by atoms with Gasteiger partial charge in [-0.1, -0.05) is 63.2 Å². The molecule has 0 bridgehead atoms. The van der Waals surface area contributed by atoms with E-state index in [0.717, 1.165) is 5.39 Å². The molecule has 2 N–H and O–H groups in total. The lowest BCUT2D eigenvalue weighted by molar-refractivity contribution is -0.274. The number of aliphatic carboxylic acids is 1. The first-order valence-electron chi connectivity index (χ1n) is 11.0. The third-order valence-corrected chi connectivity index (χ3v) is 6.32. The van der Waals surface area contributed by atoms with Crippen LogP contribution >= 0.6 is 11.8 Å². The molecule has 0 aliphatic rings. The Morgan fingerprint density at radius 1 is 1.00 bits per heavy atom. The molecule has 0 aromatic heterocycles. The molecular formula is C26H26F3NO5S. The van der Waals surface area contributed by atoms with E-state index < -0.39 is 24.3 Å². The fraction of sp³-hybridized carbons (Fsp3) is 0.308. The lowest BCUT2D eigenvalue weighted by Gasteiger charge is -2.22. The normalized spacial score (nSPS) is 12.7. The van der Waals surface area contributed by atoms with Crippen molar-refractivity contribution in [3.63, 3.8) is 0 Å². The zero-order chi connectivity index (χ0) is 26.5. The number of hydrogen-bond donors (Lipinski definition) is 2. The monoisotopic (exact) mass is 521 g/mol. The Hall–Kier alpha value is -3.40. The van der Waals surface area contributed by atoms with Gasteiger partial charge in [0.1, 0.15) is 24.1 Å². The van der Waals surface area contributed by atoms with Crippen molar-refractivity contribution in [1.29, 1.82) is 0 Å². The average molecular weight is 522 g/mol. The van der Waals surface area contributed by atoms with Crippen molar-refractivity contribution >= 4 is 34.4 Å². The van der Waals surface area contributed by atoms with Gasteiger partial charge in [0.2, 0.25) is 0 Å². The van der Waals surface area contributed by atoms with Crippen molar-refractivity contribution < 1.29 is 37.3 Å². The van der Waals surface area contributed by atoms with Crippen LogP contribution in [0.5, 0.6) is 11.5 Å². The maximum absolute atomic E-state index is 13.2. The highest BCUT2D eigenvalue weighted by Gasteiger charge is 2.31. The summed E-state index contributed by atoms with van der Waals surface area (Å²) < 4.78 is 46.9. The van der Waals surface area contributed by atoms with Crippen molar-refractivity contribution in [2.24, 2.45) is 0 Å². The fourth-order valence-electron chi connectivity index (χ4n) is 3.26. The highest BCUT2D eigenvalue weighted by atomic mass is 32.2. The molecule has 10 heteroatoms. The zero-order valence-corrected chi connectivity index (χ0v) is 20.7. The summed E-state index contributed by atoms with van der Waals surface area (Å²) in [5, 5.41) is 13.6. The molecule has 1 amide bonds. The molecule has 1 atom stereocenters. The number of halogens is 3. The van der Waals surface area contributed by atoms with Gasteiger partial charge >= 0.3 is 12.3 Å². The van der Waals surface area contributed by atoms with Crippen molar-refractivity contribution in [2.45, 2.75) is 44.5 Å². The molecule has 0 fully saturated rings. The molecule has 0 radical (unpaired) electrons. The Morgan fingerprint density at radius 2 is 1.67 bits per heavy atom. The van der Waals surface area contributed by atoms with Gasteiger partial charge in [0.15, 0.2) is 0 Å². The van der Waals surface area contributed by atoms with Crippen LogP contribution in [0.25, 0.3) is 10.8 Å². The third kappa shape index (κ3) is 7.81. The van der Waals surface area contributed by atoms with Crippen LogP contribution in [0.3, 0.4) is 0 Å². The second kappa shape index (κ2) is 11.1. The molecule has 0 spiro atoms. The van der Waals surface area contributed by atoms with Gasteiger partial charge in [-0.25, -0.2) is 4.79 Å². The summed E-state index contributed by atoms with van der Waals surface area (Å²) in [5.41, 5.74) is 0.701. The molecule has 6 nitrogen and oxygen atoms in total. The van der Waals surface area contributed by atoms with Crippen LogP contribution in [0.1, 0.15) is 36.7 Å². The van der Waals surface area contributed by atoms with Gasteiger partial charge in [-0.2, -0.15) is 11.8 Å². The Kier molecular flexibility index (Phi) is 8.39. The topological polar surface area (TPSA) is 84.9 Å². The molecule has 0 unspecified atom stereocenters. The number of amides is 1. The summed E-state index contributed by atoms with van der Waals surface area (Å²) in [6.07, 6.45) is -4.79. The molecule has 3 rings (SSSR count). The maximum atomic E-state index is 13.2. The Balaban J connectivity index is 1.84. The number of alkyl halides is 3. The van der Waals surface area contributed by atoms with Crippen molar-refractivity contribution in [1.82, 2.24) is 5.32 Å². The van der Waals surface area contributed by atoms with Crippen LogP contribution in [0, 0.1) is 0 Å². The number of ether oxygens (including phenoxy) is 2. The molecule has 3 aromatic carbocycles. The predicted molar refractivity (Wildman–Crippen MR) is 133 cm³/mol. The van der Waals surface area contributed by atoms with E-state index in [9.17, 15) is 27.9 Å². The number of carbonyl (C=O) groups is 2. The summed E-state index contributed by atoms with van der Waals surface area (Å²) in [5.74, 6) is -1.69. The minimum Gasteiger partial charge on any atom is -0.487 e. The minimum atomic E-state index is -4.79. The van der Waals surface area contributed by atoms with E-state index >= 15 is 0 Å². The van der Waals surface area contributed by atoms with Gasteiger partial charge in [0.25, 0.3) is 5.91 Å². The molecule has 0 saturated heterocycles. The quantitative estimate of drug-likeness (QED) is 0.358. The first kappa shape index (κ1) is 27.2. The second-order valence-electron chi connectivity index (χ2n) is 8.93. The van der Waals surface area contributed by atoms with Gasteiger partial charge in [-0.05, 0) is 29.1 Å². The van der Waals surface area contributed by atoms with E-state index in [1.54, 1.807) is 24.3 Å². The van der Waals surface area contributed by atoms with Gasteiger partial charge in [-0.15, -0.1) is 13.2 Å². The molecular weight excluding hydrogens is 495 g/mol. The van der Waals surface area contributed by atoms with E-state index in [1.807, 2.05) is 32.9 Å². The molecule has 0 aliphatic carbocycles. The lowest BCUT2D eigenvalue weighted by Crippen LogP contribution is -2.43. The largest absolute Gasteiger partial charge is 0.573 e. The van der Waals surface area contributed by atoms with E-state index in [2.05, 4.69) is 10.1 Å². The van der Waals surface area contributed by atoms with Crippen LogP contribution < -0.4 is 14.8 Å². The molecule has 0 heterocycles. The van der Waals surface area contributed by atoms with Crippen LogP contribution in [0.4, 0.5) is 13.2 Å². The summed E-state index contributed by atoms with van der Waals surface area (Å²) in [6.45, 7) is 5.82. The highest BCUT2D eigenvalue weighted by Crippen LogP contribution is 2.32. The Morgan fingerprint density at radius 3 is 2.28 bits per heavy atom. The molecule has 3 aromatic rings. The number of nitrogens with one attached hydrogen (secondary N) is 1. The lowest BCUT2D eigenvalue weighted by atomic mass is 10.0. The minimum absolute atomic E-state index is 0.0389. The maximum Gasteiger partial charge on any atom is 0.573 e. The SMILES string of the molecule is CC(C)(C)SC[C@H](NC(=O)c1ccc2ccccc2c1OCc1ccc(OC(F)(F)F)cc1)C(=O)O. The molecule has 192 valence electrons. The van der Waals surface area contributed by atoms with E-state index in [4.69, 9.17) is 4.74 Å². The van der Waals surface area contributed by atoms with E-state index in [1.165, 1.54) is 36.0 Å². The zero-order valence-electron chi connectivity index (χ0n) is 19.9. The average Bonchev–Trinajstić information content (AvgIpc) is 2.79. The Labute approximate surface area is 210 Å². The second-order valence-corrected chi connectivity index (χ2v) is 10.8. The highest BCUT2D eigenvalue weighted by molar-refractivity contribution is 8.00. The molecule has 36 heavy (non-hydrogen) atoms. The number of thioether (sulfide) groups is 1. The van der Waals surface area contributed by atoms with Gasteiger partial charge < -0.3 is 19.9 Å². The summed E-state index contributed by atoms with van der Waals surface area (Å²) in [7, 11) is 0. The standard InChI is InChI=1S/C26H26F3NO5S/c1-25(2,3)36-15-21(24(32)33)30-23(31)20-13-10-17-6-4-5-7-19(17)22(20)34-14-16-8-11-18(12-9-16)35-26(27,28)29/h4-13,21H,14-15H2,1-3H3,(H,30,31)(H,32,33)/t21-/m0/s1. The molecule has 0 saturated carbocycles. The number of carboxylic acids is 1. The third-order valence-electron chi connectivity index (χ3n) is 4.95. The van der Waals surface area contributed by atoms with Crippen molar-refractivity contribution in [3.05, 3.63) is 71.8 Å². The number of carbonyl (C=O) groups excluding carboxylic acids is 1. The first-order valence-corrected chi connectivity index (χ1v) is 12.0. The van der Waals surface area contributed by atoms with Crippen LogP contribution in [0.15, 0.2) is 60.7 Å². The van der Waals surface area contributed by atoms with Crippen LogP contribution in [-0.2, 0) is 11.4 Å². The van der Waals surface area contributed by atoms with Gasteiger partial charge in [-0.3, -0.25) is 4.79 Å². The first-order chi connectivity index (χ1) is 16.8. The smallest absolute Gasteiger partial charge is 0.487 e. The van der Waals surface area contributed by atoms with Crippen LogP contribution in [-0.4, -0.2) is 39.9 Å². The number of carboxylic acid groups (broad SMARTS) is 1. The summed E-state index contributed by atoms with van der Waals surface area (Å²) in [6, 6.07) is 14.6. The number of hydrogen-bond acceptors (Lipinski definition) is 5. The summed E-state index contributed by atoms with van der Waals surface area (Å²) >= 11 is 1.42. The van der Waals surface area contributed by atoms with Crippen molar-refractivity contribution in [2.75, 3.05) is 5.75 Å². The fourth-order valence-corrected chi connectivity index (χ4v) is 4.16. The summed E-state index contributed by atoms with van der Waals surface area (Å²) in [4.78, 5) is 24.9. The van der Waals surface area contributed by atoms with Gasteiger partial charge in [0.05, 0.1) is 5.56 Å². The molecule has 0 aliphatic heterocycles. The number of rotatable bonds is 9. The number of benzene rings is 3. The van der Waals surface area contributed by atoms with E-state index in [0.29, 0.717) is 10.9 Å². The number of fused-ring (bicyclic) bond motifs is 1.